The van der Waals surface area contributed by atoms with E-state index in [9.17, 15) is 9.90 Å². The van der Waals surface area contributed by atoms with E-state index in [0.717, 1.165) is 25.8 Å². The highest BCUT2D eigenvalue weighted by Crippen LogP contribution is 2.14. The molecular formula is C11H21NO2. The summed E-state index contributed by atoms with van der Waals surface area (Å²) in [4.78, 5) is 13.5. The molecule has 1 fully saturated rings. The summed E-state index contributed by atoms with van der Waals surface area (Å²) in [5, 5.41) is 9.57. The van der Waals surface area contributed by atoms with E-state index in [4.69, 9.17) is 0 Å². The summed E-state index contributed by atoms with van der Waals surface area (Å²) in [5.41, 5.74) is -0.660. The van der Waals surface area contributed by atoms with E-state index in [1.165, 1.54) is 0 Å². The van der Waals surface area contributed by atoms with E-state index < -0.39 is 5.60 Å². The molecule has 1 aliphatic heterocycles. The Kier molecular flexibility index (Phi) is 3.93. The highest BCUT2D eigenvalue weighted by atomic mass is 16.3. The van der Waals surface area contributed by atoms with Gasteiger partial charge >= 0.3 is 0 Å². The minimum Gasteiger partial charge on any atom is -0.390 e. The highest BCUT2D eigenvalue weighted by molar-refractivity contribution is 5.76. The van der Waals surface area contributed by atoms with Crippen molar-refractivity contribution in [2.75, 3.05) is 13.1 Å². The average molecular weight is 199 g/mol. The van der Waals surface area contributed by atoms with Crippen LogP contribution in [-0.4, -0.2) is 34.6 Å². The Hall–Kier alpha value is -0.570. The fourth-order valence-corrected chi connectivity index (χ4v) is 1.68. The monoisotopic (exact) mass is 199 g/mol. The van der Waals surface area contributed by atoms with Crippen molar-refractivity contribution in [2.45, 2.75) is 51.6 Å². The van der Waals surface area contributed by atoms with Gasteiger partial charge in [-0.15, -0.1) is 0 Å². The van der Waals surface area contributed by atoms with Crippen molar-refractivity contribution in [2.24, 2.45) is 0 Å². The van der Waals surface area contributed by atoms with Crippen molar-refractivity contribution in [1.82, 2.24) is 4.90 Å². The second-order valence-electron chi connectivity index (χ2n) is 4.75. The van der Waals surface area contributed by atoms with Gasteiger partial charge in [0.25, 0.3) is 0 Å². The fourth-order valence-electron chi connectivity index (χ4n) is 1.68. The number of hydrogen-bond acceptors (Lipinski definition) is 2. The van der Waals surface area contributed by atoms with Crippen LogP contribution in [0.25, 0.3) is 0 Å². The second kappa shape index (κ2) is 4.78. The standard InChI is InChI=1S/C11H21NO2/c1-11(2,14)7-9-12-8-5-3-4-6-10(12)13/h14H,3-9H2,1-2H3. The van der Waals surface area contributed by atoms with Gasteiger partial charge in [-0.2, -0.15) is 0 Å². The van der Waals surface area contributed by atoms with Crippen LogP contribution < -0.4 is 0 Å². The summed E-state index contributed by atoms with van der Waals surface area (Å²) in [6.07, 6.45) is 4.64. The zero-order valence-corrected chi connectivity index (χ0v) is 9.25. The first-order valence-electron chi connectivity index (χ1n) is 5.49. The number of rotatable bonds is 3. The first-order valence-corrected chi connectivity index (χ1v) is 5.49. The largest absolute Gasteiger partial charge is 0.390 e. The molecule has 0 bridgehead atoms. The van der Waals surface area contributed by atoms with Gasteiger partial charge in [-0.1, -0.05) is 6.42 Å². The van der Waals surface area contributed by atoms with E-state index in [2.05, 4.69) is 0 Å². The molecule has 0 radical (unpaired) electrons. The third-order valence-corrected chi connectivity index (χ3v) is 2.66. The van der Waals surface area contributed by atoms with E-state index in [1.807, 2.05) is 4.90 Å². The molecule has 1 amide bonds. The molecule has 82 valence electrons. The van der Waals surface area contributed by atoms with E-state index >= 15 is 0 Å². The van der Waals surface area contributed by atoms with Gasteiger partial charge in [0, 0.05) is 19.5 Å². The lowest BCUT2D eigenvalue weighted by Gasteiger charge is -2.25. The Balaban J connectivity index is 2.37. The molecule has 0 aromatic rings. The quantitative estimate of drug-likeness (QED) is 0.749. The van der Waals surface area contributed by atoms with Crippen molar-refractivity contribution in [3.63, 3.8) is 0 Å². The van der Waals surface area contributed by atoms with Crippen molar-refractivity contribution < 1.29 is 9.90 Å². The lowest BCUT2D eigenvalue weighted by atomic mass is 10.1. The minimum atomic E-state index is -0.660. The molecular weight excluding hydrogens is 178 g/mol. The number of aliphatic hydroxyl groups is 1. The molecule has 1 aliphatic rings. The Morgan fingerprint density at radius 1 is 1.36 bits per heavy atom. The minimum absolute atomic E-state index is 0.256. The van der Waals surface area contributed by atoms with Crippen LogP contribution in [0.4, 0.5) is 0 Å². The molecule has 0 aromatic carbocycles. The van der Waals surface area contributed by atoms with Crippen LogP contribution in [-0.2, 0) is 4.79 Å². The number of carbonyl (C=O) groups is 1. The molecule has 0 aromatic heterocycles. The maximum Gasteiger partial charge on any atom is 0.222 e. The van der Waals surface area contributed by atoms with Gasteiger partial charge < -0.3 is 10.0 Å². The predicted octanol–water partition coefficient (Wildman–Crippen LogP) is 1.55. The van der Waals surface area contributed by atoms with E-state index in [1.54, 1.807) is 13.8 Å². The van der Waals surface area contributed by atoms with Gasteiger partial charge in [0.1, 0.15) is 0 Å². The van der Waals surface area contributed by atoms with Crippen LogP contribution >= 0.6 is 0 Å². The van der Waals surface area contributed by atoms with Crippen LogP contribution in [0.3, 0.4) is 0 Å². The molecule has 0 aliphatic carbocycles. The predicted molar refractivity (Wildman–Crippen MR) is 56.0 cm³/mol. The van der Waals surface area contributed by atoms with Gasteiger partial charge in [-0.25, -0.2) is 0 Å². The Morgan fingerprint density at radius 3 is 2.71 bits per heavy atom. The average Bonchev–Trinajstić information content (AvgIpc) is 2.25. The zero-order valence-electron chi connectivity index (χ0n) is 9.25. The van der Waals surface area contributed by atoms with Crippen LogP contribution in [0.5, 0.6) is 0 Å². The maximum atomic E-state index is 11.6. The van der Waals surface area contributed by atoms with Gasteiger partial charge in [0.2, 0.25) is 5.91 Å². The summed E-state index contributed by atoms with van der Waals surface area (Å²) >= 11 is 0. The molecule has 3 nitrogen and oxygen atoms in total. The maximum absolute atomic E-state index is 11.6. The molecule has 0 saturated carbocycles. The summed E-state index contributed by atoms with van der Waals surface area (Å²) in [7, 11) is 0. The molecule has 14 heavy (non-hydrogen) atoms. The first-order chi connectivity index (χ1) is 6.49. The van der Waals surface area contributed by atoms with E-state index in [0.29, 0.717) is 19.4 Å². The fraction of sp³-hybridized carbons (Fsp3) is 0.909. The summed E-state index contributed by atoms with van der Waals surface area (Å²) in [5.74, 6) is 0.256. The van der Waals surface area contributed by atoms with Crippen LogP contribution in [0.2, 0.25) is 0 Å². The van der Waals surface area contributed by atoms with Crippen molar-refractivity contribution >= 4 is 5.91 Å². The molecule has 1 heterocycles. The SMILES string of the molecule is CC(C)(O)CCN1CCCCCC1=O. The first kappa shape index (κ1) is 11.5. The molecule has 0 spiro atoms. The van der Waals surface area contributed by atoms with Gasteiger partial charge in [0.05, 0.1) is 5.60 Å². The third-order valence-electron chi connectivity index (χ3n) is 2.66. The summed E-state index contributed by atoms with van der Waals surface area (Å²) in [6.45, 7) is 5.14. The highest BCUT2D eigenvalue weighted by Gasteiger charge is 2.19. The van der Waals surface area contributed by atoms with Gasteiger partial charge in [0.15, 0.2) is 0 Å². The summed E-state index contributed by atoms with van der Waals surface area (Å²) < 4.78 is 0. The molecule has 0 atom stereocenters. The molecule has 3 heteroatoms. The lowest BCUT2D eigenvalue weighted by Crippen LogP contribution is -2.35. The van der Waals surface area contributed by atoms with Gasteiger partial charge in [-0.3, -0.25) is 4.79 Å². The van der Waals surface area contributed by atoms with Crippen molar-refractivity contribution in [3.8, 4) is 0 Å². The van der Waals surface area contributed by atoms with Crippen molar-refractivity contribution in [3.05, 3.63) is 0 Å². The normalized spacial score (nSPS) is 19.6. The Bertz CT molecular complexity index is 196. The van der Waals surface area contributed by atoms with Crippen molar-refractivity contribution in [1.29, 1.82) is 0 Å². The number of likely N-dealkylation sites (tertiary alicyclic amines) is 1. The summed E-state index contributed by atoms with van der Waals surface area (Å²) in [6, 6.07) is 0. The van der Waals surface area contributed by atoms with E-state index in [-0.39, 0.29) is 5.91 Å². The Labute approximate surface area is 86.1 Å². The zero-order chi connectivity index (χ0) is 10.6. The Morgan fingerprint density at radius 2 is 2.07 bits per heavy atom. The lowest BCUT2D eigenvalue weighted by molar-refractivity contribution is -0.131. The van der Waals surface area contributed by atoms with Crippen LogP contribution in [0, 0.1) is 0 Å². The number of nitrogens with zero attached hydrogens (tertiary/aromatic N) is 1. The number of hydrogen-bond donors (Lipinski definition) is 1. The van der Waals surface area contributed by atoms with Gasteiger partial charge in [-0.05, 0) is 33.1 Å². The third kappa shape index (κ3) is 4.09. The molecule has 1 saturated heterocycles. The second-order valence-corrected chi connectivity index (χ2v) is 4.75. The molecule has 0 unspecified atom stereocenters. The molecule has 1 rings (SSSR count). The number of amides is 1. The van der Waals surface area contributed by atoms with Crippen LogP contribution in [0.1, 0.15) is 46.0 Å². The molecule has 1 N–H and O–H groups in total. The topological polar surface area (TPSA) is 40.5 Å². The number of carbonyl (C=O) groups excluding carboxylic acids is 1. The van der Waals surface area contributed by atoms with Crippen LogP contribution in [0.15, 0.2) is 0 Å². The smallest absolute Gasteiger partial charge is 0.222 e.